The molecule has 1 atom stereocenters. The summed E-state index contributed by atoms with van der Waals surface area (Å²) in [5.74, 6) is -1.05. The zero-order chi connectivity index (χ0) is 8.77. The molecule has 0 spiro atoms. The van der Waals surface area contributed by atoms with E-state index in [0.717, 1.165) is 12.8 Å². The van der Waals surface area contributed by atoms with Gasteiger partial charge in [0.25, 0.3) is 0 Å². The van der Waals surface area contributed by atoms with Gasteiger partial charge in [-0.05, 0) is 31.3 Å². The molecule has 1 unspecified atom stereocenters. The first-order valence-electron chi connectivity index (χ1n) is 4.06. The normalized spacial score (nSPS) is 35.9. The van der Waals surface area contributed by atoms with E-state index >= 15 is 0 Å². The summed E-state index contributed by atoms with van der Waals surface area (Å²) in [7, 11) is 0. The summed E-state index contributed by atoms with van der Waals surface area (Å²) in [6, 6.07) is 0. The van der Waals surface area contributed by atoms with Gasteiger partial charge in [-0.15, -0.1) is 0 Å². The highest BCUT2D eigenvalue weighted by Crippen LogP contribution is 2.53. The fraction of sp³-hybridized carbons (Fsp3) is 0.556. The minimum absolute atomic E-state index is 0.285. The van der Waals surface area contributed by atoms with Crippen LogP contribution in [0.15, 0.2) is 23.8 Å². The van der Waals surface area contributed by atoms with Crippen LogP contribution >= 0.6 is 15.9 Å². The highest BCUT2D eigenvalue weighted by Gasteiger charge is 2.48. The van der Waals surface area contributed by atoms with E-state index in [1.54, 1.807) is 6.08 Å². The maximum absolute atomic E-state index is 13.3. The molecular formula is C9H9BrF2. The lowest BCUT2D eigenvalue weighted by molar-refractivity contribution is 0.430. The van der Waals surface area contributed by atoms with Gasteiger partial charge in [-0.3, -0.25) is 0 Å². The lowest BCUT2D eigenvalue weighted by atomic mass is 9.93. The van der Waals surface area contributed by atoms with E-state index in [-0.39, 0.29) is 5.92 Å². The summed E-state index contributed by atoms with van der Waals surface area (Å²) >= 11 is 3.30. The molecule has 0 saturated heterocycles. The van der Waals surface area contributed by atoms with Crippen LogP contribution in [0, 0.1) is 5.92 Å². The minimum atomic E-state index is -0.718. The molecule has 0 bridgehead atoms. The van der Waals surface area contributed by atoms with E-state index in [9.17, 15) is 8.78 Å². The van der Waals surface area contributed by atoms with Gasteiger partial charge in [-0.1, -0.05) is 22.0 Å². The molecule has 1 fully saturated rings. The zero-order valence-corrected chi connectivity index (χ0v) is 8.07. The number of rotatable bonds is 1. The number of hydrogen-bond donors (Lipinski definition) is 0. The first-order valence-corrected chi connectivity index (χ1v) is 4.85. The number of halogens is 3. The van der Waals surface area contributed by atoms with Gasteiger partial charge in [-0.25, -0.2) is 8.78 Å². The van der Waals surface area contributed by atoms with E-state index in [2.05, 4.69) is 15.9 Å². The predicted molar refractivity (Wildman–Crippen MR) is 47.4 cm³/mol. The first kappa shape index (κ1) is 8.42. The predicted octanol–water partition coefficient (Wildman–Crippen LogP) is 3.64. The summed E-state index contributed by atoms with van der Waals surface area (Å²) in [4.78, 5) is 0. The van der Waals surface area contributed by atoms with Crippen molar-refractivity contribution >= 4 is 15.9 Å². The summed E-state index contributed by atoms with van der Waals surface area (Å²) in [5.41, 5.74) is 0. The first-order chi connectivity index (χ1) is 5.64. The Kier molecular flexibility index (Phi) is 1.86. The molecule has 0 aromatic rings. The zero-order valence-electron chi connectivity index (χ0n) is 6.49. The van der Waals surface area contributed by atoms with E-state index < -0.39 is 16.0 Å². The highest BCUT2D eigenvalue weighted by atomic mass is 79.9. The molecule has 0 radical (unpaired) electrons. The molecule has 0 nitrogen and oxygen atoms in total. The number of allylic oxidation sites excluding steroid dienone is 4. The Morgan fingerprint density at radius 1 is 1.42 bits per heavy atom. The van der Waals surface area contributed by atoms with Crippen molar-refractivity contribution in [1.29, 1.82) is 0 Å². The van der Waals surface area contributed by atoms with Crippen molar-refractivity contribution in [3.63, 3.8) is 0 Å². The van der Waals surface area contributed by atoms with Gasteiger partial charge >= 0.3 is 0 Å². The molecular weight excluding hydrogens is 226 g/mol. The maximum atomic E-state index is 13.3. The van der Waals surface area contributed by atoms with Crippen molar-refractivity contribution in [1.82, 2.24) is 0 Å². The Morgan fingerprint density at radius 2 is 2.08 bits per heavy atom. The van der Waals surface area contributed by atoms with Crippen LogP contribution in [-0.4, -0.2) is 4.32 Å². The smallest absolute Gasteiger partial charge is 0.155 e. The molecule has 12 heavy (non-hydrogen) atoms. The van der Waals surface area contributed by atoms with Gasteiger partial charge in [-0.2, -0.15) is 0 Å². The van der Waals surface area contributed by atoms with Crippen LogP contribution in [0.1, 0.15) is 19.3 Å². The SMILES string of the molecule is FC1=C(F)C(Br)(C2CC2)CC=C1. The summed E-state index contributed by atoms with van der Waals surface area (Å²) < 4.78 is 25.5. The second kappa shape index (κ2) is 2.66. The molecule has 0 N–H and O–H groups in total. The standard InChI is InChI=1S/C9H9BrF2/c10-9(6-3-4-6)5-1-2-7(11)8(9)12/h1-2,6H,3-5H2. The lowest BCUT2D eigenvalue weighted by Gasteiger charge is -2.26. The van der Waals surface area contributed by atoms with Gasteiger partial charge in [0.2, 0.25) is 0 Å². The third-order valence-electron chi connectivity index (χ3n) is 2.48. The largest absolute Gasteiger partial charge is 0.207 e. The van der Waals surface area contributed by atoms with Crippen LogP contribution in [0.25, 0.3) is 0 Å². The van der Waals surface area contributed by atoms with Crippen LogP contribution in [0.5, 0.6) is 0 Å². The van der Waals surface area contributed by atoms with Crippen LogP contribution in [0.2, 0.25) is 0 Å². The summed E-state index contributed by atoms with van der Waals surface area (Å²) in [6.07, 6.45) is 5.46. The molecule has 0 aromatic carbocycles. The maximum Gasteiger partial charge on any atom is 0.155 e. The second-order valence-electron chi connectivity index (χ2n) is 3.41. The molecule has 3 heteroatoms. The highest BCUT2D eigenvalue weighted by molar-refractivity contribution is 9.10. The molecule has 1 saturated carbocycles. The number of alkyl halides is 1. The molecule has 2 aliphatic rings. The Hall–Kier alpha value is -0.180. The van der Waals surface area contributed by atoms with Crippen molar-refractivity contribution in [2.75, 3.05) is 0 Å². The van der Waals surface area contributed by atoms with Crippen molar-refractivity contribution < 1.29 is 8.78 Å². The van der Waals surface area contributed by atoms with Crippen LogP contribution in [0.3, 0.4) is 0 Å². The van der Waals surface area contributed by atoms with Gasteiger partial charge in [0.15, 0.2) is 11.7 Å². The van der Waals surface area contributed by atoms with E-state index in [1.807, 2.05) is 0 Å². The minimum Gasteiger partial charge on any atom is -0.207 e. The quantitative estimate of drug-likeness (QED) is 0.608. The van der Waals surface area contributed by atoms with Gasteiger partial charge in [0.1, 0.15) is 0 Å². The molecule has 2 rings (SSSR count). The Morgan fingerprint density at radius 3 is 2.67 bits per heavy atom. The average Bonchev–Trinajstić information content (AvgIpc) is 2.82. The molecule has 66 valence electrons. The fourth-order valence-electron chi connectivity index (χ4n) is 1.58. The van der Waals surface area contributed by atoms with Crippen molar-refractivity contribution in [2.45, 2.75) is 23.6 Å². The molecule has 0 heterocycles. The third kappa shape index (κ3) is 1.15. The van der Waals surface area contributed by atoms with Gasteiger partial charge in [0, 0.05) is 0 Å². The van der Waals surface area contributed by atoms with Gasteiger partial charge < -0.3 is 0 Å². The summed E-state index contributed by atoms with van der Waals surface area (Å²) in [6.45, 7) is 0. The monoisotopic (exact) mass is 234 g/mol. The summed E-state index contributed by atoms with van der Waals surface area (Å²) in [5, 5.41) is 0. The fourth-order valence-corrected chi connectivity index (χ4v) is 2.42. The van der Waals surface area contributed by atoms with Crippen LogP contribution < -0.4 is 0 Å². The molecule has 0 amide bonds. The number of hydrogen-bond acceptors (Lipinski definition) is 0. The molecule has 0 aliphatic heterocycles. The van der Waals surface area contributed by atoms with E-state index in [4.69, 9.17) is 0 Å². The van der Waals surface area contributed by atoms with Gasteiger partial charge in [0.05, 0.1) is 4.32 Å². The Balaban J connectivity index is 2.32. The topological polar surface area (TPSA) is 0 Å². The average molecular weight is 235 g/mol. The van der Waals surface area contributed by atoms with Crippen LogP contribution in [0.4, 0.5) is 8.78 Å². The third-order valence-corrected chi connectivity index (χ3v) is 3.80. The second-order valence-corrected chi connectivity index (χ2v) is 4.82. The lowest BCUT2D eigenvalue weighted by Crippen LogP contribution is -2.26. The Labute approximate surface area is 78.5 Å². The van der Waals surface area contributed by atoms with Crippen LogP contribution in [-0.2, 0) is 0 Å². The molecule has 2 aliphatic carbocycles. The van der Waals surface area contributed by atoms with Crippen molar-refractivity contribution in [3.8, 4) is 0 Å². The molecule has 0 aromatic heterocycles. The van der Waals surface area contributed by atoms with Crippen molar-refractivity contribution in [2.24, 2.45) is 5.92 Å². The van der Waals surface area contributed by atoms with Crippen molar-refractivity contribution in [3.05, 3.63) is 23.8 Å². The van der Waals surface area contributed by atoms with E-state index in [0.29, 0.717) is 6.42 Å². The Bertz CT molecular complexity index is 266. The van der Waals surface area contributed by atoms with E-state index in [1.165, 1.54) is 6.08 Å².